The lowest BCUT2D eigenvalue weighted by Gasteiger charge is -2.03. The van der Waals surface area contributed by atoms with Gasteiger partial charge in [0.2, 0.25) is 6.79 Å². The zero-order chi connectivity index (χ0) is 22.9. The Kier molecular flexibility index (Phi) is 5.71. The maximum Gasteiger partial charge on any atom is 0.258 e. The molecule has 0 fully saturated rings. The van der Waals surface area contributed by atoms with E-state index in [0.717, 1.165) is 4.88 Å². The van der Waals surface area contributed by atoms with Crippen molar-refractivity contribution in [2.75, 3.05) is 17.4 Å². The second-order valence-electron chi connectivity index (χ2n) is 6.93. The first-order chi connectivity index (χ1) is 16.0. The number of aromatic nitrogens is 2. The van der Waals surface area contributed by atoms with Gasteiger partial charge < -0.3 is 9.47 Å². The van der Waals surface area contributed by atoms with E-state index in [1.807, 2.05) is 12.3 Å². The number of anilines is 2. The van der Waals surface area contributed by atoms with E-state index in [1.54, 1.807) is 42.5 Å². The number of carbonyl (C=O) groups excluding carboxylic acids is 2. The summed E-state index contributed by atoms with van der Waals surface area (Å²) in [5, 5.41) is 8.65. The Morgan fingerprint density at radius 3 is 2.64 bits per heavy atom. The van der Waals surface area contributed by atoms with Crippen LogP contribution >= 0.6 is 34.3 Å². The number of halogens is 1. The minimum Gasteiger partial charge on any atom is -0.454 e. The zero-order valence-electron chi connectivity index (χ0n) is 17.0. The number of rotatable bonds is 5. The van der Waals surface area contributed by atoms with Crippen LogP contribution in [0.15, 0.2) is 47.8 Å². The number of thiazole rings is 2. The minimum atomic E-state index is -0.337. The highest BCUT2D eigenvalue weighted by molar-refractivity contribution is 7.20. The fraction of sp³-hybridized carbons (Fsp3) is 0.0909. The molecule has 33 heavy (non-hydrogen) atoms. The lowest BCUT2D eigenvalue weighted by atomic mass is 10.2. The highest BCUT2D eigenvalue weighted by atomic mass is 35.5. The summed E-state index contributed by atoms with van der Waals surface area (Å²) in [6.07, 6.45) is 0. The number of aryl methyl sites for hydroxylation is 1. The number of nitrogens with zero attached hydrogens (tertiary/aromatic N) is 2. The zero-order valence-corrected chi connectivity index (χ0v) is 19.4. The van der Waals surface area contributed by atoms with Gasteiger partial charge in [-0.15, -0.1) is 11.3 Å². The third kappa shape index (κ3) is 4.40. The van der Waals surface area contributed by atoms with Crippen molar-refractivity contribution >= 4 is 56.4 Å². The predicted molar refractivity (Wildman–Crippen MR) is 128 cm³/mol. The molecule has 2 amide bonds. The number of hydrogen-bond donors (Lipinski definition) is 2. The summed E-state index contributed by atoms with van der Waals surface area (Å²) >= 11 is 8.70. The van der Waals surface area contributed by atoms with E-state index < -0.39 is 0 Å². The average molecular weight is 499 g/mol. The summed E-state index contributed by atoms with van der Waals surface area (Å²) in [7, 11) is 0. The van der Waals surface area contributed by atoms with Gasteiger partial charge in [-0.05, 0) is 37.3 Å². The molecule has 3 heterocycles. The van der Waals surface area contributed by atoms with Crippen molar-refractivity contribution in [3.63, 3.8) is 0 Å². The highest BCUT2D eigenvalue weighted by Crippen LogP contribution is 2.36. The second kappa shape index (κ2) is 8.81. The smallest absolute Gasteiger partial charge is 0.258 e. The molecule has 0 saturated carbocycles. The SMILES string of the molecule is Cc1nc(NC(=O)c2ccccc2Cl)sc1-c1csc(NC(=O)c2ccc3c(c2)OCO3)n1. The Balaban J connectivity index is 1.30. The minimum absolute atomic E-state index is 0.144. The third-order valence-corrected chi connectivity index (χ3v) is 6.91. The van der Waals surface area contributed by atoms with Crippen LogP contribution in [0, 0.1) is 6.92 Å². The van der Waals surface area contributed by atoms with Gasteiger partial charge in [0.05, 0.1) is 26.9 Å². The van der Waals surface area contributed by atoms with Crippen LogP contribution < -0.4 is 20.1 Å². The van der Waals surface area contributed by atoms with Gasteiger partial charge in [0.25, 0.3) is 11.8 Å². The van der Waals surface area contributed by atoms with Gasteiger partial charge in [-0.3, -0.25) is 20.2 Å². The first-order valence-corrected chi connectivity index (χ1v) is 11.8. The average Bonchev–Trinajstić information content (AvgIpc) is 3.53. The van der Waals surface area contributed by atoms with Gasteiger partial charge in [-0.25, -0.2) is 9.97 Å². The van der Waals surface area contributed by atoms with E-state index in [9.17, 15) is 9.59 Å². The monoisotopic (exact) mass is 498 g/mol. The Morgan fingerprint density at radius 2 is 1.79 bits per heavy atom. The van der Waals surface area contributed by atoms with Crippen molar-refractivity contribution in [2.24, 2.45) is 0 Å². The van der Waals surface area contributed by atoms with E-state index in [2.05, 4.69) is 20.6 Å². The Hall–Kier alpha value is -3.47. The summed E-state index contributed by atoms with van der Waals surface area (Å²) in [6.45, 7) is 1.98. The number of amides is 2. The maximum atomic E-state index is 12.6. The quantitative estimate of drug-likeness (QED) is 0.378. The Labute approximate surface area is 201 Å². The van der Waals surface area contributed by atoms with Gasteiger partial charge in [0.15, 0.2) is 21.8 Å². The molecule has 5 rings (SSSR count). The summed E-state index contributed by atoms with van der Waals surface area (Å²) < 4.78 is 10.6. The third-order valence-electron chi connectivity index (χ3n) is 4.73. The van der Waals surface area contributed by atoms with Crippen LogP contribution in [-0.2, 0) is 0 Å². The van der Waals surface area contributed by atoms with Crippen molar-refractivity contribution in [2.45, 2.75) is 6.92 Å². The maximum absolute atomic E-state index is 12.6. The number of benzene rings is 2. The first-order valence-electron chi connectivity index (χ1n) is 9.68. The van der Waals surface area contributed by atoms with Crippen LogP contribution in [0.1, 0.15) is 26.4 Å². The Bertz CT molecular complexity index is 1380. The molecular formula is C22H15ClN4O4S2. The van der Waals surface area contributed by atoms with Gasteiger partial charge >= 0.3 is 0 Å². The Morgan fingerprint density at radius 1 is 1.00 bits per heavy atom. The van der Waals surface area contributed by atoms with Crippen LogP contribution in [0.2, 0.25) is 5.02 Å². The molecular weight excluding hydrogens is 484 g/mol. The van der Waals surface area contributed by atoms with Gasteiger partial charge in [0.1, 0.15) is 0 Å². The highest BCUT2D eigenvalue weighted by Gasteiger charge is 2.19. The largest absolute Gasteiger partial charge is 0.454 e. The molecule has 0 unspecified atom stereocenters. The van der Waals surface area contributed by atoms with Crippen molar-refractivity contribution in [3.8, 4) is 22.1 Å². The molecule has 1 aliphatic rings. The molecule has 8 nitrogen and oxygen atoms in total. The fourth-order valence-electron chi connectivity index (χ4n) is 3.14. The van der Waals surface area contributed by atoms with E-state index >= 15 is 0 Å². The normalized spacial score (nSPS) is 11.9. The molecule has 4 aromatic rings. The number of carbonyl (C=O) groups is 2. The standard InChI is InChI=1S/C22H15ClN4O4S2/c1-11-18(33-22(24-11)27-20(29)13-4-2-3-5-14(13)23)15-9-32-21(25-15)26-19(28)12-6-7-16-17(8-12)31-10-30-16/h2-9H,10H2,1H3,(H,24,27,29)(H,25,26,28). The van der Waals surface area contributed by atoms with Crippen molar-refractivity contribution in [1.29, 1.82) is 0 Å². The van der Waals surface area contributed by atoms with Crippen LogP contribution in [0.5, 0.6) is 11.5 Å². The molecule has 2 aromatic carbocycles. The number of nitrogens with one attached hydrogen (secondary N) is 2. The second-order valence-corrected chi connectivity index (χ2v) is 9.19. The number of fused-ring (bicyclic) bond motifs is 1. The summed E-state index contributed by atoms with van der Waals surface area (Å²) in [5.41, 5.74) is 2.19. The summed E-state index contributed by atoms with van der Waals surface area (Å²) in [5.74, 6) is 0.508. The molecule has 11 heteroatoms. The van der Waals surface area contributed by atoms with E-state index in [4.69, 9.17) is 21.1 Å². The van der Waals surface area contributed by atoms with Crippen molar-refractivity contribution < 1.29 is 19.1 Å². The summed E-state index contributed by atoms with van der Waals surface area (Å²) in [6, 6.07) is 11.8. The van der Waals surface area contributed by atoms with E-state index in [0.29, 0.717) is 49.3 Å². The number of hydrogen-bond acceptors (Lipinski definition) is 8. The van der Waals surface area contributed by atoms with Gasteiger partial charge in [-0.2, -0.15) is 0 Å². The topological polar surface area (TPSA) is 102 Å². The fourth-order valence-corrected chi connectivity index (χ4v) is 5.05. The molecule has 2 aromatic heterocycles. The molecule has 166 valence electrons. The lowest BCUT2D eigenvalue weighted by Crippen LogP contribution is -2.12. The number of ether oxygens (including phenoxy) is 2. The molecule has 0 bridgehead atoms. The summed E-state index contributed by atoms with van der Waals surface area (Å²) in [4.78, 5) is 34.9. The lowest BCUT2D eigenvalue weighted by molar-refractivity contribution is 0.101. The molecule has 0 radical (unpaired) electrons. The molecule has 0 atom stereocenters. The van der Waals surface area contributed by atoms with Crippen LogP contribution in [0.3, 0.4) is 0 Å². The van der Waals surface area contributed by atoms with E-state index in [-0.39, 0.29) is 18.6 Å². The van der Waals surface area contributed by atoms with Gasteiger partial charge in [-0.1, -0.05) is 35.1 Å². The van der Waals surface area contributed by atoms with Crippen LogP contribution in [0.25, 0.3) is 10.6 Å². The first kappa shape index (κ1) is 21.4. The molecule has 2 N–H and O–H groups in total. The molecule has 0 aliphatic carbocycles. The molecule has 0 saturated heterocycles. The van der Waals surface area contributed by atoms with Gasteiger partial charge in [0, 0.05) is 10.9 Å². The molecule has 1 aliphatic heterocycles. The van der Waals surface area contributed by atoms with Crippen LogP contribution in [0.4, 0.5) is 10.3 Å². The predicted octanol–water partition coefficient (Wildman–Crippen LogP) is 5.46. The van der Waals surface area contributed by atoms with Crippen LogP contribution in [-0.4, -0.2) is 28.6 Å². The van der Waals surface area contributed by atoms with Crippen molar-refractivity contribution in [1.82, 2.24) is 9.97 Å². The molecule has 0 spiro atoms. The van der Waals surface area contributed by atoms with Crippen molar-refractivity contribution in [3.05, 3.63) is 69.7 Å². The van der Waals surface area contributed by atoms with E-state index in [1.165, 1.54) is 22.7 Å².